The van der Waals surface area contributed by atoms with Crippen molar-refractivity contribution in [2.45, 2.75) is 26.2 Å². The summed E-state index contributed by atoms with van der Waals surface area (Å²) in [5.41, 5.74) is 2.99. The number of anilines is 1. The third-order valence-corrected chi connectivity index (χ3v) is 3.05. The van der Waals surface area contributed by atoms with Gasteiger partial charge in [-0.3, -0.25) is 0 Å². The molecule has 0 N–H and O–H groups in total. The van der Waals surface area contributed by atoms with E-state index in [1.165, 1.54) is 11.3 Å². The highest BCUT2D eigenvalue weighted by Gasteiger charge is 2.33. The zero-order valence-corrected chi connectivity index (χ0v) is 10.0. The Labute approximate surface area is 91.9 Å². The van der Waals surface area contributed by atoms with Gasteiger partial charge in [0.1, 0.15) is 5.75 Å². The van der Waals surface area contributed by atoms with Crippen molar-refractivity contribution in [3.05, 3.63) is 23.8 Å². The lowest BCUT2D eigenvalue weighted by Crippen LogP contribution is -2.24. The second-order valence-corrected chi connectivity index (χ2v) is 4.85. The van der Waals surface area contributed by atoms with Crippen LogP contribution in [0.2, 0.25) is 0 Å². The maximum absolute atomic E-state index is 5.52. The van der Waals surface area contributed by atoms with Crippen LogP contribution in [0.15, 0.2) is 18.2 Å². The number of hydrogen-bond acceptors (Lipinski definition) is 2. The average Bonchev–Trinajstić information content (AvgIpc) is 2.38. The predicted octanol–water partition coefficient (Wildman–Crippen LogP) is 2.81. The van der Waals surface area contributed by atoms with Gasteiger partial charge in [-0.2, -0.15) is 0 Å². The van der Waals surface area contributed by atoms with Gasteiger partial charge in [-0.1, -0.05) is 19.9 Å². The number of rotatable bonds is 2. The summed E-state index contributed by atoms with van der Waals surface area (Å²) >= 11 is 0. The fourth-order valence-corrected chi connectivity index (χ4v) is 2.42. The van der Waals surface area contributed by atoms with Crippen LogP contribution in [-0.2, 0) is 5.41 Å². The minimum Gasteiger partial charge on any atom is -0.494 e. The van der Waals surface area contributed by atoms with Crippen LogP contribution in [0.4, 0.5) is 5.69 Å². The van der Waals surface area contributed by atoms with Crippen molar-refractivity contribution < 1.29 is 4.74 Å². The molecular formula is C13H19NO. The van der Waals surface area contributed by atoms with Crippen LogP contribution in [-0.4, -0.2) is 20.2 Å². The SMILES string of the molecule is CCOc1ccc2c(c1)N(C)CC2(C)C. The first-order valence-corrected chi connectivity index (χ1v) is 5.53. The second kappa shape index (κ2) is 3.44. The second-order valence-electron chi connectivity index (χ2n) is 4.85. The molecule has 82 valence electrons. The van der Waals surface area contributed by atoms with E-state index in [1.807, 2.05) is 6.92 Å². The molecule has 0 fully saturated rings. The van der Waals surface area contributed by atoms with Crippen LogP contribution in [0, 0.1) is 0 Å². The van der Waals surface area contributed by atoms with Crippen LogP contribution < -0.4 is 9.64 Å². The van der Waals surface area contributed by atoms with Gasteiger partial charge in [0.05, 0.1) is 6.61 Å². The van der Waals surface area contributed by atoms with Gasteiger partial charge in [0.15, 0.2) is 0 Å². The van der Waals surface area contributed by atoms with Gasteiger partial charge in [-0.05, 0) is 18.6 Å². The van der Waals surface area contributed by atoms with E-state index in [4.69, 9.17) is 4.74 Å². The number of nitrogens with zero attached hydrogens (tertiary/aromatic N) is 1. The van der Waals surface area contributed by atoms with Crippen LogP contribution >= 0.6 is 0 Å². The van der Waals surface area contributed by atoms with Crippen molar-refractivity contribution >= 4 is 5.69 Å². The number of likely N-dealkylation sites (N-methyl/N-ethyl adjacent to an activating group) is 1. The third-order valence-electron chi connectivity index (χ3n) is 3.05. The molecule has 2 heteroatoms. The zero-order chi connectivity index (χ0) is 11.1. The molecule has 0 saturated carbocycles. The molecule has 15 heavy (non-hydrogen) atoms. The third kappa shape index (κ3) is 1.69. The van der Waals surface area contributed by atoms with Gasteiger partial charge >= 0.3 is 0 Å². The van der Waals surface area contributed by atoms with E-state index < -0.39 is 0 Å². The Bertz CT molecular complexity index is 371. The molecule has 0 spiro atoms. The molecule has 0 atom stereocenters. The summed E-state index contributed by atoms with van der Waals surface area (Å²) in [5.74, 6) is 0.973. The van der Waals surface area contributed by atoms with Gasteiger partial charge in [-0.15, -0.1) is 0 Å². The lowest BCUT2D eigenvalue weighted by molar-refractivity contribution is 0.340. The van der Waals surface area contributed by atoms with Crippen molar-refractivity contribution in [3.8, 4) is 5.75 Å². The standard InChI is InChI=1S/C13H19NO/c1-5-15-10-6-7-11-12(8-10)14(4)9-13(11,2)3/h6-8H,5,9H2,1-4H3. The molecule has 2 nitrogen and oxygen atoms in total. The smallest absolute Gasteiger partial charge is 0.121 e. The van der Waals surface area contributed by atoms with Crippen molar-refractivity contribution in [1.29, 1.82) is 0 Å². The normalized spacial score (nSPS) is 17.7. The van der Waals surface area contributed by atoms with Crippen molar-refractivity contribution in [2.75, 3.05) is 25.1 Å². The van der Waals surface area contributed by atoms with Crippen molar-refractivity contribution in [1.82, 2.24) is 0 Å². The first-order valence-electron chi connectivity index (χ1n) is 5.53. The summed E-state index contributed by atoms with van der Waals surface area (Å²) < 4.78 is 5.52. The molecule has 0 unspecified atom stereocenters. The molecule has 1 aliphatic rings. The van der Waals surface area contributed by atoms with E-state index in [0.29, 0.717) is 0 Å². The Morgan fingerprint density at radius 1 is 1.40 bits per heavy atom. The summed E-state index contributed by atoms with van der Waals surface area (Å²) in [4.78, 5) is 2.30. The summed E-state index contributed by atoms with van der Waals surface area (Å²) in [6.45, 7) is 8.40. The number of fused-ring (bicyclic) bond motifs is 1. The first kappa shape index (κ1) is 10.3. The van der Waals surface area contributed by atoms with E-state index >= 15 is 0 Å². The van der Waals surface area contributed by atoms with Crippen LogP contribution in [0.25, 0.3) is 0 Å². The molecule has 1 heterocycles. The summed E-state index contributed by atoms with van der Waals surface area (Å²) in [6.07, 6.45) is 0. The topological polar surface area (TPSA) is 12.5 Å². The fourth-order valence-electron chi connectivity index (χ4n) is 2.42. The Morgan fingerprint density at radius 2 is 2.13 bits per heavy atom. The zero-order valence-electron chi connectivity index (χ0n) is 10.0. The number of benzene rings is 1. The van der Waals surface area contributed by atoms with E-state index in [2.05, 4.69) is 44.0 Å². The van der Waals surface area contributed by atoms with Crippen LogP contribution in [0.1, 0.15) is 26.3 Å². The van der Waals surface area contributed by atoms with Gasteiger partial charge < -0.3 is 9.64 Å². The molecular weight excluding hydrogens is 186 g/mol. The molecule has 0 saturated heterocycles. The molecule has 0 bridgehead atoms. The fraction of sp³-hybridized carbons (Fsp3) is 0.538. The molecule has 0 aromatic heterocycles. The van der Waals surface area contributed by atoms with E-state index in [0.717, 1.165) is 18.9 Å². The van der Waals surface area contributed by atoms with E-state index in [-0.39, 0.29) is 5.41 Å². The Kier molecular flexibility index (Phi) is 2.37. The number of ether oxygens (including phenoxy) is 1. The average molecular weight is 205 g/mol. The number of hydrogen-bond donors (Lipinski definition) is 0. The molecule has 1 aromatic rings. The minimum absolute atomic E-state index is 0.259. The molecule has 2 rings (SSSR count). The molecule has 0 radical (unpaired) electrons. The van der Waals surface area contributed by atoms with Crippen molar-refractivity contribution in [2.24, 2.45) is 0 Å². The molecule has 1 aliphatic heterocycles. The quantitative estimate of drug-likeness (QED) is 0.736. The molecule has 0 aliphatic carbocycles. The van der Waals surface area contributed by atoms with E-state index in [9.17, 15) is 0 Å². The Balaban J connectivity index is 2.41. The lowest BCUT2D eigenvalue weighted by Gasteiger charge is -2.18. The molecule has 1 aromatic carbocycles. The molecule has 0 amide bonds. The maximum Gasteiger partial charge on any atom is 0.121 e. The summed E-state index contributed by atoms with van der Waals surface area (Å²) in [5, 5.41) is 0. The van der Waals surface area contributed by atoms with Crippen LogP contribution in [0.3, 0.4) is 0 Å². The van der Waals surface area contributed by atoms with Crippen LogP contribution in [0.5, 0.6) is 5.75 Å². The largest absolute Gasteiger partial charge is 0.494 e. The lowest BCUT2D eigenvalue weighted by atomic mass is 9.87. The summed E-state index contributed by atoms with van der Waals surface area (Å²) in [6, 6.07) is 6.42. The highest BCUT2D eigenvalue weighted by molar-refractivity contribution is 5.64. The maximum atomic E-state index is 5.52. The van der Waals surface area contributed by atoms with Crippen molar-refractivity contribution in [3.63, 3.8) is 0 Å². The minimum atomic E-state index is 0.259. The highest BCUT2D eigenvalue weighted by atomic mass is 16.5. The summed E-state index contributed by atoms with van der Waals surface area (Å²) in [7, 11) is 2.14. The van der Waals surface area contributed by atoms with E-state index in [1.54, 1.807) is 0 Å². The Morgan fingerprint density at radius 3 is 2.80 bits per heavy atom. The monoisotopic (exact) mass is 205 g/mol. The van der Waals surface area contributed by atoms with Gasteiger partial charge in [0, 0.05) is 30.8 Å². The van der Waals surface area contributed by atoms with Gasteiger partial charge in [0.2, 0.25) is 0 Å². The van der Waals surface area contributed by atoms with Gasteiger partial charge in [0.25, 0.3) is 0 Å². The predicted molar refractivity (Wildman–Crippen MR) is 63.9 cm³/mol. The van der Waals surface area contributed by atoms with Gasteiger partial charge in [-0.25, -0.2) is 0 Å². The highest BCUT2D eigenvalue weighted by Crippen LogP contribution is 2.41. The Hall–Kier alpha value is -1.18. The first-order chi connectivity index (χ1) is 7.04.